The molecule has 0 bridgehead atoms. The normalized spacial score (nSPS) is 14.5. The summed E-state index contributed by atoms with van der Waals surface area (Å²) < 4.78 is 33.2. The van der Waals surface area contributed by atoms with Crippen molar-refractivity contribution in [2.45, 2.75) is 174 Å². The monoisotopic (exact) mass is 756 g/mol. The summed E-state index contributed by atoms with van der Waals surface area (Å²) in [4.78, 5) is 33.4. The summed E-state index contributed by atoms with van der Waals surface area (Å²) in [5, 5.41) is 8.87. The molecule has 0 aromatic heterocycles. The molecule has 302 valence electrons. The van der Waals surface area contributed by atoms with Crippen LogP contribution in [0.5, 0.6) is 0 Å². The van der Waals surface area contributed by atoms with Crippen molar-refractivity contribution in [1.82, 2.24) is 0 Å². The number of unbranched alkanes of at least 4 members (excludes halogenated alkanes) is 16. The number of aliphatic carboxylic acids is 1. The van der Waals surface area contributed by atoms with Crippen molar-refractivity contribution < 1.29 is 42.7 Å². The maximum Gasteiger partial charge on any atom is 0.472 e. The zero-order chi connectivity index (χ0) is 38.4. The van der Waals surface area contributed by atoms with Crippen molar-refractivity contribution >= 4 is 19.8 Å². The summed E-state index contributed by atoms with van der Waals surface area (Å²) in [5.74, 6) is -1.79. The molecule has 52 heavy (non-hydrogen) atoms. The number of ether oxygens (including phenoxy) is 2. The average molecular weight is 756 g/mol. The lowest BCUT2D eigenvalue weighted by molar-refractivity contribution is -0.154. The van der Waals surface area contributed by atoms with E-state index >= 15 is 0 Å². The first-order chi connectivity index (χ1) is 25.2. The van der Waals surface area contributed by atoms with Crippen LogP contribution in [-0.2, 0) is 32.7 Å². The maximum atomic E-state index is 12.6. The van der Waals surface area contributed by atoms with Crippen molar-refractivity contribution in [2.75, 3.05) is 26.4 Å². The fraction of sp³-hybridized carbons (Fsp3) is 0.756. The first kappa shape index (κ1) is 49.9. The van der Waals surface area contributed by atoms with Gasteiger partial charge in [-0.15, -0.1) is 0 Å². The van der Waals surface area contributed by atoms with E-state index in [9.17, 15) is 19.0 Å². The van der Waals surface area contributed by atoms with Gasteiger partial charge in [-0.05, 0) is 70.6 Å². The van der Waals surface area contributed by atoms with E-state index in [4.69, 9.17) is 29.4 Å². The van der Waals surface area contributed by atoms with Gasteiger partial charge in [0.15, 0.2) is 0 Å². The van der Waals surface area contributed by atoms with Gasteiger partial charge in [0.1, 0.15) is 12.1 Å². The molecule has 11 heteroatoms. The van der Waals surface area contributed by atoms with Gasteiger partial charge in [-0.2, -0.15) is 0 Å². The molecule has 0 spiro atoms. The number of carbonyl (C=O) groups excluding carboxylic acids is 1. The van der Waals surface area contributed by atoms with Crippen LogP contribution in [0.4, 0.5) is 0 Å². The van der Waals surface area contributed by atoms with Crippen molar-refractivity contribution in [2.24, 2.45) is 5.73 Å². The van der Waals surface area contributed by atoms with E-state index in [2.05, 4.69) is 62.5 Å². The number of allylic oxidation sites excluding steroid dienone is 8. The number of hydrogen-bond acceptors (Lipinski definition) is 8. The molecule has 0 saturated carbocycles. The van der Waals surface area contributed by atoms with E-state index in [1.807, 2.05) is 0 Å². The predicted octanol–water partition coefficient (Wildman–Crippen LogP) is 10.7. The quantitative estimate of drug-likeness (QED) is 0.0240. The second kappa shape index (κ2) is 37.3. The lowest BCUT2D eigenvalue weighted by atomic mass is 10.1. The Morgan fingerprint density at radius 2 is 1.12 bits per heavy atom. The highest BCUT2D eigenvalue weighted by molar-refractivity contribution is 7.47. The standard InChI is InChI=1S/C41H74NO9P/c1-3-5-7-9-11-13-15-17-18-19-20-21-22-24-26-28-30-32-34-48-35-38(36-49-52(46,47)50-37-39(42)41(44)45)51-40(43)33-31-29-27-25-23-16-14-12-10-8-6-4-2/h5,7,11-14,17-18,38-39H,3-4,6,8-10,15-16,19-37,42H2,1-2H3,(H,44,45)(H,46,47)/b7-5-,13-11-,14-12-,18-17-. The van der Waals surface area contributed by atoms with E-state index in [1.165, 1.54) is 51.4 Å². The minimum absolute atomic E-state index is 0.00732. The molecule has 3 unspecified atom stereocenters. The van der Waals surface area contributed by atoms with Crippen LogP contribution in [-0.4, -0.2) is 60.5 Å². The van der Waals surface area contributed by atoms with Crippen LogP contribution in [0.15, 0.2) is 48.6 Å². The molecule has 0 saturated heterocycles. The Morgan fingerprint density at radius 3 is 1.69 bits per heavy atom. The third-order valence-corrected chi connectivity index (χ3v) is 9.29. The zero-order valence-corrected chi connectivity index (χ0v) is 33.5. The van der Waals surface area contributed by atoms with Crippen LogP contribution in [0.25, 0.3) is 0 Å². The molecule has 0 aliphatic carbocycles. The van der Waals surface area contributed by atoms with Gasteiger partial charge < -0.3 is 25.2 Å². The number of phosphoric acid groups is 1. The van der Waals surface area contributed by atoms with Crippen molar-refractivity contribution in [3.05, 3.63) is 48.6 Å². The van der Waals surface area contributed by atoms with Gasteiger partial charge in [-0.25, -0.2) is 4.57 Å². The number of nitrogens with two attached hydrogens (primary N) is 1. The Labute approximate surface area is 316 Å². The number of carboxylic acid groups (broad SMARTS) is 1. The summed E-state index contributed by atoms with van der Waals surface area (Å²) in [6, 6.07) is -1.48. The second-order valence-corrected chi connectivity index (χ2v) is 14.8. The van der Waals surface area contributed by atoms with Gasteiger partial charge in [0.25, 0.3) is 0 Å². The Balaban J connectivity index is 4.27. The largest absolute Gasteiger partial charge is 0.480 e. The van der Waals surface area contributed by atoms with Crippen LogP contribution >= 0.6 is 7.82 Å². The highest BCUT2D eigenvalue weighted by atomic mass is 31.2. The molecule has 0 rings (SSSR count). The number of phosphoric ester groups is 1. The fourth-order valence-corrected chi connectivity index (χ4v) is 5.98. The Morgan fingerprint density at radius 1 is 0.635 bits per heavy atom. The molecule has 4 N–H and O–H groups in total. The molecule has 10 nitrogen and oxygen atoms in total. The van der Waals surface area contributed by atoms with Crippen LogP contribution < -0.4 is 5.73 Å². The molecular formula is C41H74NO9P. The number of rotatable bonds is 38. The average Bonchev–Trinajstić information content (AvgIpc) is 3.12. The summed E-state index contributed by atoms with van der Waals surface area (Å²) in [5.41, 5.74) is 5.34. The Hall–Kier alpha value is -2.07. The number of hydrogen-bond donors (Lipinski definition) is 3. The molecule has 0 aliphatic rings. The molecule has 0 aromatic rings. The fourth-order valence-electron chi connectivity index (χ4n) is 5.20. The lowest BCUT2D eigenvalue weighted by Crippen LogP contribution is -2.34. The smallest absolute Gasteiger partial charge is 0.472 e. The van der Waals surface area contributed by atoms with Crippen LogP contribution in [0, 0.1) is 0 Å². The molecular weight excluding hydrogens is 681 g/mol. The second-order valence-electron chi connectivity index (χ2n) is 13.4. The molecule has 0 fully saturated rings. The van der Waals surface area contributed by atoms with Crippen molar-refractivity contribution in [3.8, 4) is 0 Å². The molecule has 0 amide bonds. The SMILES string of the molecule is CC/C=C\C/C=C\C/C=C\CCCCCCCCCCOCC(COP(=O)(O)OCC(N)C(=O)O)OC(=O)CCCCCCC/C=C\CCCCC. The highest BCUT2D eigenvalue weighted by Crippen LogP contribution is 2.43. The van der Waals surface area contributed by atoms with Gasteiger partial charge in [0.05, 0.1) is 19.8 Å². The van der Waals surface area contributed by atoms with Crippen LogP contribution in [0.1, 0.15) is 162 Å². The van der Waals surface area contributed by atoms with Gasteiger partial charge in [0.2, 0.25) is 0 Å². The minimum Gasteiger partial charge on any atom is -0.480 e. The Kier molecular flexibility index (Phi) is 35.8. The minimum atomic E-state index is -4.62. The maximum absolute atomic E-state index is 12.6. The highest BCUT2D eigenvalue weighted by Gasteiger charge is 2.27. The van der Waals surface area contributed by atoms with E-state index in [0.717, 1.165) is 83.5 Å². The number of carbonyl (C=O) groups is 2. The summed E-state index contributed by atoms with van der Waals surface area (Å²) in [7, 11) is -4.62. The molecule has 0 aromatic carbocycles. The van der Waals surface area contributed by atoms with E-state index in [-0.39, 0.29) is 13.0 Å². The van der Waals surface area contributed by atoms with E-state index < -0.39 is 45.1 Å². The van der Waals surface area contributed by atoms with Crippen molar-refractivity contribution in [3.63, 3.8) is 0 Å². The van der Waals surface area contributed by atoms with Gasteiger partial charge in [0, 0.05) is 13.0 Å². The third-order valence-electron chi connectivity index (χ3n) is 8.34. The number of carboxylic acids is 1. The van der Waals surface area contributed by atoms with Gasteiger partial charge in [-0.3, -0.25) is 18.6 Å². The van der Waals surface area contributed by atoms with E-state index in [0.29, 0.717) is 13.0 Å². The Bertz CT molecular complexity index is 1010. The third kappa shape index (κ3) is 36.3. The van der Waals surface area contributed by atoms with Crippen molar-refractivity contribution in [1.29, 1.82) is 0 Å². The topological polar surface area (TPSA) is 155 Å². The van der Waals surface area contributed by atoms with Gasteiger partial charge in [-0.1, -0.05) is 133 Å². The molecule has 0 heterocycles. The lowest BCUT2D eigenvalue weighted by Gasteiger charge is -2.20. The first-order valence-electron chi connectivity index (χ1n) is 20.2. The first-order valence-corrected chi connectivity index (χ1v) is 21.7. The summed E-state index contributed by atoms with van der Waals surface area (Å²) in [6.07, 6.45) is 41.6. The predicted molar refractivity (Wildman–Crippen MR) is 212 cm³/mol. The molecule has 0 aliphatic heterocycles. The summed E-state index contributed by atoms with van der Waals surface area (Å²) in [6.45, 7) is 3.70. The molecule has 0 radical (unpaired) electrons. The van der Waals surface area contributed by atoms with E-state index in [1.54, 1.807) is 0 Å². The summed E-state index contributed by atoms with van der Waals surface area (Å²) >= 11 is 0. The van der Waals surface area contributed by atoms with Gasteiger partial charge >= 0.3 is 19.8 Å². The molecule has 3 atom stereocenters. The van der Waals surface area contributed by atoms with Crippen LogP contribution in [0.3, 0.4) is 0 Å². The zero-order valence-electron chi connectivity index (χ0n) is 32.6. The van der Waals surface area contributed by atoms with Crippen LogP contribution in [0.2, 0.25) is 0 Å². The number of esters is 1.